The number of piperazine rings is 1. The summed E-state index contributed by atoms with van der Waals surface area (Å²) in [5.41, 5.74) is 3.22. The molecule has 2 fully saturated rings. The lowest BCUT2D eigenvalue weighted by molar-refractivity contribution is -0.117. The maximum atomic E-state index is 12.3. The number of hydrogen-bond donors (Lipinski definition) is 2. The van der Waals surface area contributed by atoms with Gasteiger partial charge < -0.3 is 10.6 Å². The van der Waals surface area contributed by atoms with Gasteiger partial charge in [-0.2, -0.15) is 0 Å². The topological polar surface area (TPSA) is 47.6 Å². The van der Waals surface area contributed by atoms with Gasteiger partial charge in [0.05, 0.1) is 6.54 Å². The van der Waals surface area contributed by atoms with Gasteiger partial charge in [0.15, 0.2) is 0 Å². The molecule has 0 saturated carbocycles. The number of amides is 1. The third kappa shape index (κ3) is 4.31. The third-order valence-electron chi connectivity index (χ3n) is 4.99. The molecule has 1 amide bonds. The van der Waals surface area contributed by atoms with Gasteiger partial charge in [-0.25, -0.2) is 0 Å². The van der Waals surface area contributed by atoms with Gasteiger partial charge in [0.2, 0.25) is 5.91 Å². The molecule has 1 aromatic carbocycles. The minimum Gasteiger partial charge on any atom is -0.325 e. The minimum atomic E-state index is 0.0923. The van der Waals surface area contributed by atoms with Crippen molar-refractivity contribution in [3.8, 4) is 0 Å². The minimum absolute atomic E-state index is 0.0923. The van der Waals surface area contributed by atoms with Crippen LogP contribution in [0, 0.1) is 13.8 Å². The number of rotatable bonds is 4. The largest absolute Gasteiger partial charge is 0.325 e. The van der Waals surface area contributed by atoms with Crippen LogP contribution >= 0.6 is 0 Å². The van der Waals surface area contributed by atoms with E-state index in [-0.39, 0.29) is 5.91 Å². The molecule has 2 aliphatic heterocycles. The Morgan fingerprint density at radius 3 is 2.74 bits per heavy atom. The zero-order valence-electron chi connectivity index (χ0n) is 14.3. The van der Waals surface area contributed by atoms with Crippen LogP contribution in [-0.4, -0.2) is 67.6 Å². The quantitative estimate of drug-likeness (QED) is 0.877. The Labute approximate surface area is 139 Å². The zero-order valence-corrected chi connectivity index (χ0v) is 14.3. The fourth-order valence-electron chi connectivity index (χ4n) is 3.50. The smallest absolute Gasteiger partial charge is 0.238 e. The second-order valence-corrected chi connectivity index (χ2v) is 6.83. The van der Waals surface area contributed by atoms with E-state index in [0.717, 1.165) is 50.5 Å². The molecule has 5 heteroatoms. The van der Waals surface area contributed by atoms with Gasteiger partial charge in [-0.1, -0.05) is 12.1 Å². The van der Waals surface area contributed by atoms with Gasteiger partial charge in [0, 0.05) is 44.5 Å². The molecular weight excluding hydrogens is 288 g/mol. The van der Waals surface area contributed by atoms with Crippen LogP contribution in [0.4, 0.5) is 5.69 Å². The number of anilines is 1. The molecule has 1 unspecified atom stereocenters. The second-order valence-electron chi connectivity index (χ2n) is 6.83. The molecule has 2 N–H and O–H groups in total. The van der Waals surface area contributed by atoms with Crippen LogP contribution < -0.4 is 10.6 Å². The lowest BCUT2D eigenvalue weighted by Gasteiger charge is -2.37. The van der Waals surface area contributed by atoms with Crippen LogP contribution in [0.1, 0.15) is 17.5 Å². The zero-order chi connectivity index (χ0) is 16.2. The molecule has 126 valence electrons. The standard InChI is InChI=1S/C18H28N4O/c1-14-3-4-15(2)17(11-14)20-18(23)13-21-7-9-22(10-8-21)16-5-6-19-12-16/h3-4,11,16,19H,5-10,12-13H2,1-2H3,(H,20,23). The Kier molecular flexibility index (Phi) is 5.30. The van der Waals surface area contributed by atoms with Gasteiger partial charge in [0.25, 0.3) is 0 Å². The molecule has 23 heavy (non-hydrogen) atoms. The van der Waals surface area contributed by atoms with Crippen molar-refractivity contribution >= 4 is 11.6 Å². The number of nitrogens with one attached hydrogen (secondary N) is 2. The summed E-state index contributed by atoms with van der Waals surface area (Å²) in [5, 5.41) is 6.49. The van der Waals surface area contributed by atoms with Crippen molar-refractivity contribution in [2.75, 3.05) is 51.1 Å². The Hall–Kier alpha value is -1.43. The van der Waals surface area contributed by atoms with Crippen molar-refractivity contribution in [3.05, 3.63) is 29.3 Å². The second kappa shape index (κ2) is 7.43. The van der Waals surface area contributed by atoms with Gasteiger partial charge >= 0.3 is 0 Å². The Balaban J connectivity index is 1.46. The fraction of sp³-hybridized carbons (Fsp3) is 0.611. The summed E-state index contributed by atoms with van der Waals surface area (Å²) in [6.07, 6.45) is 1.26. The number of hydrogen-bond acceptors (Lipinski definition) is 4. The molecule has 0 radical (unpaired) electrons. The van der Waals surface area contributed by atoms with Gasteiger partial charge in [-0.15, -0.1) is 0 Å². The van der Waals surface area contributed by atoms with Crippen LogP contribution in [0.2, 0.25) is 0 Å². The van der Waals surface area contributed by atoms with Crippen molar-refractivity contribution in [3.63, 3.8) is 0 Å². The average molecular weight is 316 g/mol. The van der Waals surface area contributed by atoms with Crippen LogP contribution in [0.5, 0.6) is 0 Å². The summed E-state index contributed by atoms with van der Waals surface area (Å²) < 4.78 is 0. The summed E-state index contributed by atoms with van der Waals surface area (Å²) in [6.45, 7) is 10.9. The van der Waals surface area contributed by atoms with E-state index in [1.807, 2.05) is 19.9 Å². The maximum Gasteiger partial charge on any atom is 0.238 e. The van der Waals surface area contributed by atoms with Crippen LogP contribution in [0.15, 0.2) is 18.2 Å². The van der Waals surface area contributed by atoms with E-state index >= 15 is 0 Å². The number of carbonyl (C=O) groups excluding carboxylic acids is 1. The molecule has 3 rings (SSSR count). The summed E-state index contributed by atoms with van der Waals surface area (Å²) in [6, 6.07) is 6.86. The highest BCUT2D eigenvalue weighted by Gasteiger charge is 2.26. The van der Waals surface area contributed by atoms with E-state index in [1.54, 1.807) is 0 Å². The monoisotopic (exact) mass is 316 g/mol. The molecule has 0 spiro atoms. The van der Waals surface area contributed by atoms with Crippen LogP contribution in [0.25, 0.3) is 0 Å². The number of carbonyl (C=O) groups is 1. The highest BCUT2D eigenvalue weighted by Crippen LogP contribution is 2.16. The highest BCUT2D eigenvalue weighted by atomic mass is 16.2. The average Bonchev–Trinajstić information content (AvgIpc) is 3.06. The summed E-state index contributed by atoms with van der Waals surface area (Å²) in [7, 11) is 0. The van der Waals surface area contributed by atoms with Crippen molar-refractivity contribution in [1.29, 1.82) is 0 Å². The fourth-order valence-corrected chi connectivity index (χ4v) is 3.50. The van der Waals surface area contributed by atoms with Gasteiger partial charge in [0.1, 0.15) is 0 Å². The molecule has 2 heterocycles. The maximum absolute atomic E-state index is 12.3. The van der Waals surface area contributed by atoms with Gasteiger partial charge in [-0.3, -0.25) is 14.6 Å². The number of aryl methyl sites for hydroxylation is 2. The molecule has 5 nitrogen and oxygen atoms in total. The Morgan fingerprint density at radius 1 is 1.26 bits per heavy atom. The van der Waals surface area contributed by atoms with Crippen LogP contribution in [0.3, 0.4) is 0 Å². The van der Waals surface area contributed by atoms with E-state index in [4.69, 9.17) is 0 Å². The first-order valence-electron chi connectivity index (χ1n) is 8.66. The normalized spacial score (nSPS) is 23.1. The molecule has 0 aliphatic carbocycles. The van der Waals surface area contributed by atoms with Crippen molar-refractivity contribution in [1.82, 2.24) is 15.1 Å². The molecule has 1 aromatic rings. The van der Waals surface area contributed by atoms with E-state index in [2.05, 4.69) is 32.6 Å². The Bertz CT molecular complexity index is 546. The predicted molar refractivity (Wildman–Crippen MR) is 93.8 cm³/mol. The molecular formula is C18H28N4O. The third-order valence-corrected chi connectivity index (χ3v) is 4.99. The lowest BCUT2D eigenvalue weighted by Crippen LogP contribution is -2.52. The summed E-state index contributed by atoms with van der Waals surface area (Å²) in [4.78, 5) is 17.1. The lowest BCUT2D eigenvalue weighted by atomic mass is 10.1. The highest BCUT2D eigenvalue weighted by molar-refractivity contribution is 5.93. The SMILES string of the molecule is Cc1ccc(C)c(NC(=O)CN2CCN(C3CCNC3)CC2)c1. The molecule has 0 bridgehead atoms. The first kappa shape index (κ1) is 16.4. The van der Waals surface area contributed by atoms with Crippen molar-refractivity contribution in [2.24, 2.45) is 0 Å². The molecule has 2 aliphatic rings. The van der Waals surface area contributed by atoms with E-state index < -0.39 is 0 Å². The summed E-state index contributed by atoms with van der Waals surface area (Å²) in [5.74, 6) is 0.0923. The van der Waals surface area contributed by atoms with E-state index in [0.29, 0.717) is 12.6 Å². The number of nitrogens with zero attached hydrogens (tertiary/aromatic N) is 2. The van der Waals surface area contributed by atoms with Gasteiger partial charge in [-0.05, 0) is 44.0 Å². The summed E-state index contributed by atoms with van der Waals surface area (Å²) >= 11 is 0. The van der Waals surface area contributed by atoms with Crippen LogP contribution in [-0.2, 0) is 4.79 Å². The molecule has 0 aromatic heterocycles. The first-order chi connectivity index (χ1) is 11.1. The molecule has 1 atom stereocenters. The van der Waals surface area contributed by atoms with Crippen molar-refractivity contribution in [2.45, 2.75) is 26.3 Å². The van der Waals surface area contributed by atoms with Crippen molar-refractivity contribution < 1.29 is 4.79 Å². The van der Waals surface area contributed by atoms with E-state index in [9.17, 15) is 4.79 Å². The molecule has 2 saturated heterocycles. The predicted octanol–water partition coefficient (Wildman–Crippen LogP) is 1.22. The first-order valence-corrected chi connectivity index (χ1v) is 8.66. The number of benzene rings is 1. The Morgan fingerprint density at radius 2 is 2.04 bits per heavy atom. The van der Waals surface area contributed by atoms with E-state index in [1.165, 1.54) is 12.0 Å².